The summed E-state index contributed by atoms with van der Waals surface area (Å²) < 4.78 is 17.4. The summed E-state index contributed by atoms with van der Waals surface area (Å²) in [5.41, 5.74) is 2.41. The molecule has 2 atom stereocenters. The minimum atomic E-state index is -2.26. The second-order valence-corrected chi connectivity index (χ2v) is 15.2. The van der Waals surface area contributed by atoms with Gasteiger partial charge in [-0.1, -0.05) is 78.5 Å². The van der Waals surface area contributed by atoms with Crippen LogP contribution in [0.25, 0.3) is 0 Å². The molecule has 1 aromatic carbocycles. The molecule has 0 fully saturated rings. The van der Waals surface area contributed by atoms with Gasteiger partial charge in [0.1, 0.15) is 0 Å². The molecule has 0 aliphatic carbocycles. The number of benzene rings is 1. The SMILES string of the molecule is C=C(C[C@H]([C@H](C)O[Si](C(C)C)(C(C)C)C(C)C)N(Cc1ccccc1)C(=O)OCC)C(=O)OC. The number of amides is 1. The van der Waals surface area contributed by atoms with E-state index < -0.39 is 26.4 Å². The van der Waals surface area contributed by atoms with Crippen LogP contribution in [-0.4, -0.2) is 51.1 Å². The van der Waals surface area contributed by atoms with Crippen LogP contribution in [-0.2, 0) is 25.2 Å². The molecule has 0 radical (unpaired) electrons. The molecule has 0 spiro atoms. The van der Waals surface area contributed by atoms with Gasteiger partial charge in [0, 0.05) is 18.5 Å². The van der Waals surface area contributed by atoms with Gasteiger partial charge >= 0.3 is 12.1 Å². The maximum Gasteiger partial charge on any atom is 0.410 e. The Bertz CT molecular complexity index is 772. The molecule has 0 bridgehead atoms. The largest absolute Gasteiger partial charge is 0.466 e. The maximum atomic E-state index is 13.2. The van der Waals surface area contributed by atoms with Crippen molar-refractivity contribution >= 4 is 20.4 Å². The van der Waals surface area contributed by atoms with E-state index in [9.17, 15) is 9.59 Å². The zero-order chi connectivity index (χ0) is 26.1. The van der Waals surface area contributed by atoms with Gasteiger partial charge in [0.25, 0.3) is 0 Å². The van der Waals surface area contributed by atoms with Crippen LogP contribution >= 0.6 is 0 Å². The van der Waals surface area contributed by atoms with Crippen LogP contribution in [0.2, 0.25) is 16.6 Å². The van der Waals surface area contributed by atoms with Crippen molar-refractivity contribution in [3.63, 3.8) is 0 Å². The Kier molecular flexibility index (Phi) is 12.0. The molecule has 7 heteroatoms. The number of hydrogen-bond acceptors (Lipinski definition) is 5. The van der Waals surface area contributed by atoms with E-state index in [1.165, 1.54) is 7.11 Å². The fourth-order valence-corrected chi connectivity index (χ4v) is 10.7. The fraction of sp³-hybridized carbons (Fsp3) is 0.630. The van der Waals surface area contributed by atoms with Crippen LogP contribution < -0.4 is 0 Å². The molecule has 6 nitrogen and oxygen atoms in total. The Morgan fingerprint density at radius 3 is 1.94 bits per heavy atom. The maximum absolute atomic E-state index is 13.2. The third-order valence-electron chi connectivity index (χ3n) is 6.67. The molecule has 0 N–H and O–H groups in total. The molecule has 34 heavy (non-hydrogen) atoms. The molecule has 0 heterocycles. The third kappa shape index (κ3) is 7.44. The zero-order valence-corrected chi connectivity index (χ0v) is 23.6. The molecule has 0 saturated heterocycles. The van der Waals surface area contributed by atoms with Crippen LogP contribution in [0.4, 0.5) is 4.79 Å². The second kappa shape index (κ2) is 13.7. The average molecular weight is 492 g/mol. The van der Waals surface area contributed by atoms with Gasteiger partial charge in [0.2, 0.25) is 8.32 Å². The minimum Gasteiger partial charge on any atom is -0.466 e. The first-order valence-electron chi connectivity index (χ1n) is 12.3. The van der Waals surface area contributed by atoms with E-state index in [2.05, 4.69) is 48.1 Å². The average Bonchev–Trinajstić information content (AvgIpc) is 2.78. The summed E-state index contributed by atoms with van der Waals surface area (Å²) in [6.45, 7) is 21.7. The lowest BCUT2D eigenvalue weighted by Crippen LogP contribution is -2.55. The van der Waals surface area contributed by atoms with Gasteiger partial charge < -0.3 is 13.9 Å². The highest BCUT2D eigenvalue weighted by atomic mass is 28.4. The number of ether oxygens (including phenoxy) is 2. The summed E-state index contributed by atoms with van der Waals surface area (Å²) in [6, 6.07) is 9.31. The van der Waals surface area contributed by atoms with Crippen molar-refractivity contribution in [3.05, 3.63) is 48.0 Å². The van der Waals surface area contributed by atoms with E-state index in [1.54, 1.807) is 11.8 Å². The Morgan fingerprint density at radius 2 is 1.50 bits per heavy atom. The highest BCUT2D eigenvalue weighted by Gasteiger charge is 2.48. The van der Waals surface area contributed by atoms with Crippen LogP contribution in [0.1, 0.15) is 67.4 Å². The van der Waals surface area contributed by atoms with Gasteiger partial charge in [-0.3, -0.25) is 4.90 Å². The van der Waals surface area contributed by atoms with Crippen molar-refractivity contribution < 1.29 is 23.5 Å². The summed E-state index contributed by atoms with van der Waals surface area (Å²) in [5.74, 6) is -0.485. The van der Waals surface area contributed by atoms with Gasteiger partial charge in [0.05, 0.1) is 25.9 Å². The first-order valence-corrected chi connectivity index (χ1v) is 14.5. The molecule has 0 aliphatic rings. The monoisotopic (exact) mass is 491 g/mol. The predicted octanol–water partition coefficient (Wildman–Crippen LogP) is 6.71. The second-order valence-electron chi connectivity index (χ2n) is 9.82. The number of hydrogen-bond donors (Lipinski definition) is 0. The molecule has 1 rings (SSSR count). The first-order chi connectivity index (χ1) is 15.9. The lowest BCUT2D eigenvalue weighted by molar-refractivity contribution is -0.136. The van der Waals surface area contributed by atoms with Crippen LogP contribution in [0, 0.1) is 0 Å². The summed E-state index contributed by atoms with van der Waals surface area (Å²) >= 11 is 0. The number of rotatable bonds is 13. The quantitative estimate of drug-likeness (QED) is 0.174. The van der Waals surface area contributed by atoms with Crippen molar-refractivity contribution in [2.24, 2.45) is 0 Å². The van der Waals surface area contributed by atoms with Crippen molar-refractivity contribution in [1.29, 1.82) is 0 Å². The molecular weight excluding hydrogens is 446 g/mol. The number of carbonyl (C=O) groups is 2. The summed E-state index contributed by atoms with van der Waals surface area (Å²) in [7, 11) is -0.919. The zero-order valence-electron chi connectivity index (χ0n) is 22.6. The fourth-order valence-electron chi connectivity index (χ4n) is 5.12. The number of nitrogens with zero attached hydrogens (tertiary/aromatic N) is 1. The molecule has 1 aromatic rings. The van der Waals surface area contributed by atoms with Crippen LogP contribution in [0.5, 0.6) is 0 Å². The molecule has 1 amide bonds. The van der Waals surface area contributed by atoms with Crippen molar-refractivity contribution in [3.8, 4) is 0 Å². The Labute approximate surface area is 207 Å². The van der Waals surface area contributed by atoms with E-state index in [0.29, 0.717) is 28.7 Å². The molecule has 0 aliphatic heterocycles. The molecule has 0 aromatic heterocycles. The highest BCUT2D eigenvalue weighted by molar-refractivity contribution is 6.77. The van der Waals surface area contributed by atoms with Gasteiger partial charge in [-0.2, -0.15) is 0 Å². The van der Waals surface area contributed by atoms with Gasteiger partial charge in [-0.15, -0.1) is 0 Å². The van der Waals surface area contributed by atoms with Crippen LogP contribution in [0.15, 0.2) is 42.5 Å². The molecule has 0 unspecified atom stereocenters. The smallest absolute Gasteiger partial charge is 0.410 e. The summed E-state index contributed by atoms with van der Waals surface area (Å²) in [5, 5.41) is 0. The Balaban J connectivity index is 3.50. The topological polar surface area (TPSA) is 65.1 Å². The van der Waals surface area contributed by atoms with Crippen molar-refractivity contribution in [2.45, 2.75) is 97.1 Å². The first kappa shape index (κ1) is 29.9. The number of methoxy groups -OCH3 is 1. The predicted molar refractivity (Wildman–Crippen MR) is 140 cm³/mol. The number of carbonyl (C=O) groups excluding carboxylic acids is 2. The third-order valence-corrected chi connectivity index (χ3v) is 12.9. The molecule has 0 saturated carbocycles. The lowest BCUT2D eigenvalue weighted by Gasteiger charge is -2.46. The molecule has 192 valence electrons. The van der Waals surface area contributed by atoms with E-state index in [4.69, 9.17) is 13.9 Å². The van der Waals surface area contributed by atoms with Crippen LogP contribution in [0.3, 0.4) is 0 Å². The lowest BCUT2D eigenvalue weighted by atomic mass is 10.0. The van der Waals surface area contributed by atoms with E-state index in [1.807, 2.05) is 37.3 Å². The minimum absolute atomic E-state index is 0.234. The normalized spacial score (nSPS) is 13.6. The van der Waals surface area contributed by atoms with E-state index in [-0.39, 0.29) is 19.1 Å². The van der Waals surface area contributed by atoms with Crippen molar-refractivity contribution in [1.82, 2.24) is 4.90 Å². The van der Waals surface area contributed by atoms with E-state index in [0.717, 1.165) is 5.56 Å². The van der Waals surface area contributed by atoms with E-state index >= 15 is 0 Å². The van der Waals surface area contributed by atoms with Gasteiger partial charge in [-0.25, -0.2) is 9.59 Å². The number of esters is 1. The van der Waals surface area contributed by atoms with Gasteiger partial charge in [-0.05, 0) is 36.0 Å². The Morgan fingerprint density at radius 1 is 0.971 bits per heavy atom. The van der Waals surface area contributed by atoms with Gasteiger partial charge in [0.15, 0.2) is 0 Å². The standard InChI is InChI=1S/C27H45NO5Si/c1-11-32-27(30)28(18-24-15-13-12-14-16-24)25(17-22(8)26(29)31-10)23(9)33-34(19(2)3,20(4)5)21(6)7/h12-16,19-21,23,25H,8,11,17-18H2,1-7,9-10H3/t23-,25+/m0/s1. The highest BCUT2D eigenvalue weighted by Crippen LogP contribution is 2.43. The summed E-state index contributed by atoms with van der Waals surface area (Å²) in [6.07, 6.45) is -0.540. The van der Waals surface area contributed by atoms with Crippen molar-refractivity contribution in [2.75, 3.05) is 13.7 Å². The Hall–Kier alpha value is -2.12. The molecular formula is C27H45NO5Si. The summed E-state index contributed by atoms with van der Waals surface area (Å²) in [4.78, 5) is 27.1.